The molecule has 6 heteroatoms. The van der Waals surface area contributed by atoms with Gasteiger partial charge in [0.15, 0.2) is 0 Å². The molecule has 22 heavy (non-hydrogen) atoms. The van der Waals surface area contributed by atoms with E-state index >= 15 is 0 Å². The monoisotopic (exact) mass is 321 g/mol. The zero-order valence-corrected chi connectivity index (χ0v) is 13.7. The molecule has 2 amide bonds. The first-order valence-corrected chi connectivity index (χ1v) is 9.08. The van der Waals surface area contributed by atoms with E-state index in [-0.39, 0.29) is 11.4 Å². The van der Waals surface area contributed by atoms with E-state index in [1.807, 2.05) is 13.1 Å². The van der Waals surface area contributed by atoms with Gasteiger partial charge in [-0.1, -0.05) is 12.8 Å². The molecule has 1 aromatic rings. The van der Waals surface area contributed by atoms with Crippen molar-refractivity contribution in [2.45, 2.75) is 57.7 Å². The smallest absolute Gasteiger partial charge is 0.315 e. The second-order valence-electron chi connectivity index (χ2n) is 6.83. The molecular formula is C16H23N3O2S. The van der Waals surface area contributed by atoms with Crippen LogP contribution in [0.1, 0.15) is 42.0 Å². The van der Waals surface area contributed by atoms with E-state index in [4.69, 9.17) is 4.74 Å². The summed E-state index contributed by atoms with van der Waals surface area (Å²) in [6, 6.07) is 0.248. The predicted molar refractivity (Wildman–Crippen MR) is 84.8 cm³/mol. The molecule has 0 bridgehead atoms. The fourth-order valence-corrected chi connectivity index (χ4v) is 5.49. The normalized spacial score (nSPS) is 31.8. The number of nitrogens with zero attached hydrogens (tertiary/aromatic N) is 1. The second kappa shape index (κ2) is 5.49. The summed E-state index contributed by atoms with van der Waals surface area (Å²) in [6.45, 7) is 3.39. The number of ether oxygens (including phenoxy) is 1. The summed E-state index contributed by atoms with van der Waals surface area (Å²) in [6.07, 6.45) is 8.26. The van der Waals surface area contributed by atoms with Crippen molar-refractivity contribution in [1.29, 1.82) is 0 Å². The number of thiazole rings is 1. The zero-order chi connectivity index (χ0) is 15.2. The van der Waals surface area contributed by atoms with Crippen molar-refractivity contribution < 1.29 is 9.53 Å². The summed E-state index contributed by atoms with van der Waals surface area (Å²) < 4.78 is 5.96. The molecule has 1 saturated heterocycles. The number of fused-ring (bicyclic) bond motifs is 2. The maximum atomic E-state index is 12.3. The zero-order valence-electron chi connectivity index (χ0n) is 12.9. The Kier molecular flexibility index (Phi) is 3.61. The van der Waals surface area contributed by atoms with Crippen LogP contribution in [0.25, 0.3) is 0 Å². The first kappa shape index (κ1) is 14.5. The molecule has 5 nitrogen and oxygen atoms in total. The molecule has 0 aromatic carbocycles. The van der Waals surface area contributed by atoms with Crippen molar-refractivity contribution >= 4 is 17.4 Å². The van der Waals surface area contributed by atoms with Crippen molar-refractivity contribution in [2.75, 3.05) is 6.61 Å². The molecule has 2 N–H and O–H groups in total. The maximum absolute atomic E-state index is 12.3. The number of rotatable bonds is 3. The summed E-state index contributed by atoms with van der Waals surface area (Å²) in [5, 5.41) is 7.26. The van der Waals surface area contributed by atoms with Gasteiger partial charge in [0.25, 0.3) is 0 Å². The number of urea groups is 1. The number of amides is 2. The summed E-state index contributed by atoms with van der Waals surface area (Å²) in [4.78, 5) is 17.6. The molecule has 3 fully saturated rings. The third kappa shape index (κ3) is 2.24. The Morgan fingerprint density at radius 1 is 1.50 bits per heavy atom. The molecule has 0 unspecified atom stereocenters. The van der Waals surface area contributed by atoms with Crippen LogP contribution in [0.15, 0.2) is 6.20 Å². The van der Waals surface area contributed by atoms with Crippen molar-refractivity contribution in [3.05, 3.63) is 16.1 Å². The number of carbonyl (C=O) groups is 1. The van der Waals surface area contributed by atoms with E-state index in [9.17, 15) is 4.79 Å². The quantitative estimate of drug-likeness (QED) is 0.899. The Bertz CT molecular complexity index is 567. The summed E-state index contributed by atoms with van der Waals surface area (Å²) in [5.41, 5.74) is 0.222. The lowest BCUT2D eigenvalue weighted by atomic mass is 9.54. The number of carbonyl (C=O) groups excluding carboxylic acids is 1. The molecule has 3 atom stereocenters. The number of hydrogen-bond acceptors (Lipinski definition) is 4. The van der Waals surface area contributed by atoms with Crippen LogP contribution in [-0.4, -0.2) is 29.8 Å². The van der Waals surface area contributed by atoms with Gasteiger partial charge in [-0.15, -0.1) is 11.3 Å². The van der Waals surface area contributed by atoms with Gasteiger partial charge in [0.1, 0.15) is 0 Å². The third-order valence-electron chi connectivity index (χ3n) is 5.67. The highest BCUT2D eigenvalue weighted by molar-refractivity contribution is 7.11. The molecular weight excluding hydrogens is 298 g/mol. The van der Waals surface area contributed by atoms with Gasteiger partial charge in [0.2, 0.25) is 0 Å². The van der Waals surface area contributed by atoms with E-state index in [0.717, 1.165) is 22.9 Å². The number of nitrogens with one attached hydrogen (secondary N) is 2. The van der Waals surface area contributed by atoms with Gasteiger partial charge in [-0.25, -0.2) is 9.78 Å². The molecule has 0 radical (unpaired) electrons. The minimum absolute atomic E-state index is 0.0484. The highest BCUT2D eigenvalue weighted by Gasteiger charge is 2.65. The molecule has 1 spiro atoms. The molecule has 4 rings (SSSR count). The van der Waals surface area contributed by atoms with Gasteiger partial charge in [0, 0.05) is 35.1 Å². The highest BCUT2D eigenvalue weighted by Crippen LogP contribution is 2.60. The van der Waals surface area contributed by atoms with Crippen LogP contribution in [0.4, 0.5) is 4.79 Å². The van der Waals surface area contributed by atoms with E-state index in [0.29, 0.717) is 24.6 Å². The Labute approximate surface area is 134 Å². The van der Waals surface area contributed by atoms with Crippen LogP contribution in [0.3, 0.4) is 0 Å². The van der Waals surface area contributed by atoms with Gasteiger partial charge >= 0.3 is 6.03 Å². The minimum atomic E-state index is -0.0484. The van der Waals surface area contributed by atoms with Crippen LogP contribution in [0.2, 0.25) is 0 Å². The Hall–Kier alpha value is -1.14. The number of aromatic nitrogens is 1. The average molecular weight is 321 g/mol. The van der Waals surface area contributed by atoms with Crippen LogP contribution in [0.5, 0.6) is 0 Å². The number of hydrogen-bond donors (Lipinski definition) is 2. The molecule has 120 valence electrons. The SMILES string of the molecule is Cc1ncc(CNC(=O)N[C@@H]2[C@H]3CCO[C@H]3C23CCCC3)s1. The lowest BCUT2D eigenvalue weighted by molar-refractivity contribution is -0.126. The van der Waals surface area contributed by atoms with Crippen molar-refractivity contribution in [2.24, 2.45) is 11.3 Å². The average Bonchev–Trinajstić information content (AvgIpc) is 3.22. The lowest BCUT2D eigenvalue weighted by Crippen LogP contribution is -2.69. The predicted octanol–water partition coefficient (Wildman–Crippen LogP) is 2.60. The molecule has 2 saturated carbocycles. The van der Waals surface area contributed by atoms with Crippen molar-refractivity contribution in [1.82, 2.24) is 15.6 Å². The first-order chi connectivity index (χ1) is 10.7. The topological polar surface area (TPSA) is 63.2 Å². The van der Waals surface area contributed by atoms with Gasteiger partial charge in [-0.05, 0) is 26.2 Å². The third-order valence-corrected chi connectivity index (χ3v) is 6.58. The highest BCUT2D eigenvalue weighted by atomic mass is 32.1. The van der Waals surface area contributed by atoms with Crippen LogP contribution >= 0.6 is 11.3 Å². The summed E-state index contributed by atoms with van der Waals surface area (Å²) >= 11 is 1.63. The summed E-state index contributed by atoms with van der Waals surface area (Å²) in [5.74, 6) is 0.523. The van der Waals surface area contributed by atoms with E-state index in [2.05, 4.69) is 15.6 Å². The van der Waals surface area contributed by atoms with Crippen LogP contribution < -0.4 is 10.6 Å². The van der Waals surface area contributed by atoms with Crippen LogP contribution in [0, 0.1) is 18.3 Å². The number of aryl methyl sites for hydroxylation is 1. The van der Waals surface area contributed by atoms with E-state index < -0.39 is 0 Å². The largest absolute Gasteiger partial charge is 0.377 e. The van der Waals surface area contributed by atoms with Gasteiger partial charge < -0.3 is 15.4 Å². The molecule has 1 aliphatic heterocycles. The molecule has 2 heterocycles. The summed E-state index contributed by atoms with van der Waals surface area (Å²) in [7, 11) is 0. The molecule has 1 aromatic heterocycles. The van der Waals surface area contributed by atoms with Gasteiger partial charge in [-0.2, -0.15) is 0 Å². The van der Waals surface area contributed by atoms with E-state index in [1.54, 1.807) is 11.3 Å². The van der Waals surface area contributed by atoms with Crippen LogP contribution in [-0.2, 0) is 11.3 Å². The van der Waals surface area contributed by atoms with E-state index in [1.165, 1.54) is 25.7 Å². The molecule has 2 aliphatic carbocycles. The maximum Gasteiger partial charge on any atom is 0.315 e. The van der Waals surface area contributed by atoms with Crippen molar-refractivity contribution in [3.8, 4) is 0 Å². The Morgan fingerprint density at radius 2 is 2.32 bits per heavy atom. The second-order valence-corrected chi connectivity index (χ2v) is 8.15. The van der Waals surface area contributed by atoms with Crippen molar-refractivity contribution in [3.63, 3.8) is 0 Å². The Balaban J connectivity index is 1.36. The van der Waals surface area contributed by atoms with Gasteiger partial charge in [0.05, 0.1) is 17.7 Å². The fraction of sp³-hybridized carbons (Fsp3) is 0.750. The molecule has 3 aliphatic rings. The standard InChI is InChI=1S/C16H23N3O2S/c1-10-17-8-11(22-10)9-18-15(20)19-13-12-4-7-21-14(12)16(13)5-2-3-6-16/h8,12-14H,2-7,9H2,1H3,(H2,18,19,20)/t12-,13-,14-/m1/s1. The lowest BCUT2D eigenvalue weighted by Gasteiger charge is -2.56. The minimum Gasteiger partial charge on any atom is -0.377 e. The fourth-order valence-electron chi connectivity index (χ4n) is 4.75. The van der Waals surface area contributed by atoms with Gasteiger partial charge in [-0.3, -0.25) is 0 Å². The Morgan fingerprint density at radius 3 is 3.05 bits per heavy atom. The first-order valence-electron chi connectivity index (χ1n) is 8.26.